The molecule has 0 saturated carbocycles. The van der Waals surface area contributed by atoms with E-state index in [1.807, 2.05) is 6.92 Å². The van der Waals surface area contributed by atoms with Gasteiger partial charge in [-0.2, -0.15) is 0 Å². The highest BCUT2D eigenvalue weighted by molar-refractivity contribution is 6.35. The van der Waals surface area contributed by atoms with Crippen LogP contribution in [0.4, 0.5) is 4.79 Å². The minimum Gasteiger partial charge on any atom is -0.465 e. The molecule has 100 valence electrons. The second-order valence-electron chi connectivity index (χ2n) is 4.14. The first-order chi connectivity index (χ1) is 8.41. The van der Waals surface area contributed by atoms with Gasteiger partial charge in [-0.15, -0.1) is 0 Å². The Balaban J connectivity index is 2.63. The van der Waals surface area contributed by atoms with Crippen molar-refractivity contribution in [1.82, 2.24) is 5.32 Å². The van der Waals surface area contributed by atoms with E-state index in [1.165, 1.54) is 0 Å². The van der Waals surface area contributed by atoms with Crippen molar-refractivity contribution in [2.24, 2.45) is 5.92 Å². The molecule has 1 aromatic rings. The first kappa shape index (κ1) is 15.1. The average molecular weight is 292 g/mol. The predicted octanol–water partition coefficient (Wildman–Crippen LogP) is 2.80. The smallest absolute Gasteiger partial charge is 0.404 e. The normalized spacial score (nSPS) is 14.0. The number of aliphatic hydroxyl groups is 1. The predicted molar refractivity (Wildman–Crippen MR) is 71.4 cm³/mol. The lowest BCUT2D eigenvalue weighted by atomic mass is 9.95. The zero-order chi connectivity index (χ0) is 13.7. The van der Waals surface area contributed by atoms with Crippen molar-refractivity contribution in [2.75, 3.05) is 6.54 Å². The molecule has 0 aliphatic rings. The molecule has 2 atom stereocenters. The van der Waals surface area contributed by atoms with Crippen molar-refractivity contribution in [3.8, 4) is 0 Å². The Kier molecular flexibility index (Phi) is 5.72. The number of hydrogen-bond acceptors (Lipinski definition) is 2. The second-order valence-corrected chi connectivity index (χ2v) is 4.95. The van der Waals surface area contributed by atoms with E-state index >= 15 is 0 Å². The highest BCUT2D eigenvalue weighted by atomic mass is 35.5. The van der Waals surface area contributed by atoms with Crippen LogP contribution in [0.2, 0.25) is 10.0 Å². The van der Waals surface area contributed by atoms with Crippen LogP contribution in [0.15, 0.2) is 18.2 Å². The van der Waals surface area contributed by atoms with Crippen LogP contribution in [0.5, 0.6) is 0 Å². The molecule has 0 aromatic heterocycles. The van der Waals surface area contributed by atoms with Gasteiger partial charge in [0, 0.05) is 16.6 Å². The summed E-state index contributed by atoms with van der Waals surface area (Å²) >= 11 is 12.1. The van der Waals surface area contributed by atoms with Crippen LogP contribution < -0.4 is 5.32 Å². The fraction of sp³-hybridized carbons (Fsp3) is 0.417. The molecule has 18 heavy (non-hydrogen) atoms. The van der Waals surface area contributed by atoms with Crippen LogP contribution in [-0.4, -0.2) is 29.0 Å². The maximum absolute atomic E-state index is 10.3. The zero-order valence-electron chi connectivity index (χ0n) is 9.86. The number of carbonyl (C=O) groups is 1. The van der Waals surface area contributed by atoms with Gasteiger partial charge in [0.2, 0.25) is 0 Å². The Bertz CT molecular complexity index is 406. The topological polar surface area (TPSA) is 69.6 Å². The Labute approximate surface area is 116 Å². The van der Waals surface area contributed by atoms with Crippen molar-refractivity contribution in [2.45, 2.75) is 19.4 Å². The number of rotatable bonds is 5. The average Bonchev–Trinajstić information content (AvgIpc) is 2.30. The van der Waals surface area contributed by atoms with Gasteiger partial charge in [-0.25, -0.2) is 4.79 Å². The summed E-state index contributed by atoms with van der Waals surface area (Å²) in [5, 5.41) is 21.5. The molecule has 0 bridgehead atoms. The lowest BCUT2D eigenvalue weighted by molar-refractivity contribution is 0.112. The van der Waals surface area contributed by atoms with Crippen molar-refractivity contribution in [3.63, 3.8) is 0 Å². The molecule has 6 heteroatoms. The minimum absolute atomic E-state index is 0.0153. The largest absolute Gasteiger partial charge is 0.465 e. The standard InChI is InChI=1S/C12H15Cl2NO3/c1-7(11(16)6-15-12(17)18)5-8-9(13)3-2-4-10(8)14/h2-4,7,11,15-16H,5-6H2,1H3,(H,17,18). The molecule has 0 heterocycles. The molecule has 1 rings (SSSR count). The second kappa shape index (κ2) is 6.83. The first-order valence-corrected chi connectivity index (χ1v) is 6.25. The lowest BCUT2D eigenvalue weighted by Crippen LogP contribution is -2.35. The highest BCUT2D eigenvalue weighted by Gasteiger charge is 2.18. The van der Waals surface area contributed by atoms with E-state index in [0.717, 1.165) is 5.56 Å². The van der Waals surface area contributed by atoms with Crippen LogP contribution in [0.3, 0.4) is 0 Å². The maximum Gasteiger partial charge on any atom is 0.404 e. The number of nitrogens with one attached hydrogen (secondary N) is 1. The summed E-state index contributed by atoms with van der Waals surface area (Å²) in [6.07, 6.45) is -1.45. The monoisotopic (exact) mass is 291 g/mol. The molecule has 0 fully saturated rings. The highest BCUT2D eigenvalue weighted by Crippen LogP contribution is 2.27. The van der Waals surface area contributed by atoms with E-state index in [0.29, 0.717) is 16.5 Å². The number of carboxylic acid groups (broad SMARTS) is 1. The van der Waals surface area contributed by atoms with Gasteiger partial charge in [-0.05, 0) is 30.0 Å². The van der Waals surface area contributed by atoms with Gasteiger partial charge in [-0.3, -0.25) is 0 Å². The molecule has 0 aliphatic carbocycles. The molecule has 1 aromatic carbocycles. The maximum atomic E-state index is 10.3. The number of halogens is 2. The number of hydrogen-bond donors (Lipinski definition) is 3. The van der Waals surface area contributed by atoms with Gasteiger partial charge in [-0.1, -0.05) is 36.2 Å². The Morgan fingerprint density at radius 3 is 2.44 bits per heavy atom. The Morgan fingerprint density at radius 2 is 1.94 bits per heavy atom. The molecule has 0 aliphatic heterocycles. The zero-order valence-corrected chi connectivity index (χ0v) is 11.4. The van der Waals surface area contributed by atoms with E-state index in [-0.39, 0.29) is 12.5 Å². The van der Waals surface area contributed by atoms with Crippen LogP contribution in [-0.2, 0) is 6.42 Å². The molecule has 2 unspecified atom stereocenters. The van der Waals surface area contributed by atoms with Crippen LogP contribution in [0, 0.1) is 5.92 Å². The fourth-order valence-corrected chi connectivity index (χ4v) is 2.13. The summed E-state index contributed by atoms with van der Waals surface area (Å²) in [7, 11) is 0. The van der Waals surface area contributed by atoms with E-state index in [1.54, 1.807) is 18.2 Å². The fourth-order valence-electron chi connectivity index (χ4n) is 1.58. The van der Waals surface area contributed by atoms with Crippen molar-refractivity contribution in [3.05, 3.63) is 33.8 Å². The molecule has 0 saturated heterocycles. The van der Waals surface area contributed by atoms with Crippen LogP contribution in [0.25, 0.3) is 0 Å². The third-order valence-corrected chi connectivity index (χ3v) is 3.42. The van der Waals surface area contributed by atoms with Crippen molar-refractivity contribution >= 4 is 29.3 Å². The number of benzene rings is 1. The third-order valence-electron chi connectivity index (χ3n) is 2.71. The number of amides is 1. The first-order valence-electron chi connectivity index (χ1n) is 5.49. The van der Waals surface area contributed by atoms with Crippen LogP contribution in [0.1, 0.15) is 12.5 Å². The third kappa shape index (κ3) is 4.37. The van der Waals surface area contributed by atoms with Gasteiger partial charge < -0.3 is 15.5 Å². The molecular formula is C12H15Cl2NO3. The molecule has 0 radical (unpaired) electrons. The van der Waals surface area contributed by atoms with E-state index in [2.05, 4.69) is 5.32 Å². The van der Waals surface area contributed by atoms with Gasteiger partial charge in [0.05, 0.1) is 6.10 Å². The van der Waals surface area contributed by atoms with E-state index in [9.17, 15) is 9.90 Å². The quantitative estimate of drug-likeness (QED) is 0.781. The minimum atomic E-state index is -1.16. The summed E-state index contributed by atoms with van der Waals surface area (Å²) in [5.41, 5.74) is 0.766. The van der Waals surface area contributed by atoms with Crippen molar-refractivity contribution in [1.29, 1.82) is 0 Å². The number of aliphatic hydroxyl groups excluding tert-OH is 1. The SMILES string of the molecule is CC(Cc1c(Cl)cccc1Cl)C(O)CNC(=O)O. The lowest BCUT2D eigenvalue weighted by Gasteiger charge is -2.19. The summed E-state index contributed by atoms with van der Waals surface area (Å²) in [6, 6.07) is 5.22. The molecular weight excluding hydrogens is 277 g/mol. The van der Waals surface area contributed by atoms with E-state index < -0.39 is 12.2 Å². The van der Waals surface area contributed by atoms with Crippen molar-refractivity contribution < 1.29 is 15.0 Å². The summed E-state index contributed by atoms with van der Waals surface area (Å²) < 4.78 is 0. The Hall–Kier alpha value is -0.970. The van der Waals surface area contributed by atoms with Gasteiger partial charge >= 0.3 is 6.09 Å². The summed E-state index contributed by atoms with van der Waals surface area (Å²) in [6.45, 7) is 1.80. The van der Waals surface area contributed by atoms with Gasteiger partial charge in [0.1, 0.15) is 0 Å². The summed E-state index contributed by atoms with van der Waals surface area (Å²) in [4.78, 5) is 10.3. The van der Waals surface area contributed by atoms with Crippen LogP contribution >= 0.6 is 23.2 Å². The molecule has 3 N–H and O–H groups in total. The molecule has 4 nitrogen and oxygen atoms in total. The van der Waals surface area contributed by atoms with Gasteiger partial charge in [0.15, 0.2) is 0 Å². The summed E-state index contributed by atoms with van der Waals surface area (Å²) in [5.74, 6) is -0.158. The van der Waals surface area contributed by atoms with E-state index in [4.69, 9.17) is 28.3 Å². The van der Waals surface area contributed by atoms with Gasteiger partial charge in [0.25, 0.3) is 0 Å². The molecule has 0 spiro atoms. The Morgan fingerprint density at radius 1 is 1.39 bits per heavy atom. The molecule has 1 amide bonds.